The second kappa shape index (κ2) is 11.2. The predicted octanol–water partition coefficient (Wildman–Crippen LogP) is 3.88. The van der Waals surface area contributed by atoms with E-state index in [9.17, 15) is 4.79 Å². The van der Waals surface area contributed by atoms with Crippen LogP contribution in [-0.4, -0.2) is 63.9 Å². The summed E-state index contributed by atoms with van der Waals surface area (Å²) in [6.07, 6.45) is 2.86. The van der Waals surface area contributed by atoms with Gasteiger partial charge >= 0.3 is 0 Å². The molecule has 2 aliphatic heterocycles. The van der Waals surface area contributed by atoms with Crippen LogP contribution in [0.2, 0.25) is 0 Å². The number of carbonyl (C=O) groups excluding carboxylic acids is 1. The van der Waals surface area contributed by atoms with Gasteiger partial charge in [-0.2, -0.15) is 0 Å². The molecule has 166 valence electrons. The molecule has 1 fully saturated rings. The molecule has 0 spiro atoms. The molecule has 7 heteroatoms. The Morgan fingerprint density at radius 3 is 2.55 bits per heavy atom. The minimum Gasteiger partial charge on any atom is -0.497 e. The molecule has 4 rings (SSSR count). The Morgan fingerprint density at radius 1 is 1.06 bits per heavy atom. The number of hydrogen-bond acceptors (Lipinski definition) is 6. The van der Waals surface area contributed by atoms with Gasteiger partial charge in [0.25, 0.3) is 0 Å². The van der Waals surface area contributed by atoms with Gasteiger partial charge in [-0.15, -0.1) is 12.4 Å². The van der Waals surface area contributed by atoms with Gasteiger partial charge in [-0.3, -0.25) is 9.69 Å². The van der Waals surface area contributed by atoms with Crippen LogP contribution in [-0.2, 0) is 4.74 Å². The monoisotopic (exact) mass is 445 g/mol. The SMILES string of the molecule is COc1ccc2c(c1)OC/C(=C\c1ccc(OCCCN3CCOCC3)cc1)C2=O.Cl. The number of hydrogen-bond donors (Lipinski definition) is 0. The first-order valence-electron chi connectivity index (χ1n) is 10.3. The summed E-state index contributed by atoms with van der Waals surface area (Å²) < 4.78 is 22.2. The van der Waals surface area contributed by atoms with Gasteiger partial charge in [0, 0.05) is 31.3 Å². The van der Waals surface area contributed by atoms with Gasteiger partial charge in [0.05, 0.1) is 32.5 Å². The van der Waals surface area contributed by atoms with Crippen molar-refractivity contribution < 1.29 is 23.7 Å². The molecular weight excluding hydrogens is 418 g/mol. The summed E-state index contributed by atoms with van der Waals surface area (Å²) >= 11 is 0. The van der Waals surface area contributed by atoms with Crippen molar-refractivity contribution in [3.05, 3.63) is 59.2 Å². The molecule has 1 saturated heterocycles. The van der Waals surface area contributed by atoms with Gasteiger partial charge in [-0.25, -0.2) is 0 Å². The van der Waals surface area contributed by atoms with E-state index in [1.807, 2.05) is 30.3 Å². The van der Waals surface area contributed by atoms with E-state index in [0.29, 0.717) is 29.2 Å². The van der Waals surface area contributed by atoms with Crippen molar-refractivity contribution in [1.82, 2.24) is 4.90 Å². The van der Waals surface area contributed by atoms with E-state index in [1.165, 1.54) is 0 Å². The Morgan fingerprint density at radius 2 is 1.81 bits per heavy atom. The minimum absolute atomic E-state index is 0. The van der Waals surface area contributed by atoms with Crippen LogP contribution in [0.4, 0.5) is 0 Å². The van der Waals surface area contributed by atoms with Gasteiger partial charge in [0.1, 0.15) is 23.9 Å². The average molecular weight is 446 g/mol. The van der Waals surface area contributed by atoms with Crippen LogP contribution in [0, 0.1) is 0 Å². The number of fused-ring (bicyclic) bond motifs is 1. The molecule has 6 nitrogen and oxygen atoms in total. The third kappa shape index (κ3) is 6.00. The van der Waals surface area contributed by atoms with Crippen LogP contribution in [0.1, 0.15) is 22.3 Å². The zero-order chi connectivity index (χ0) is 20.8. The molecule has 2 aromatic rings. The highest BCUT2D eigenvalue weighted by Crippen LogP contribution is 2.31. The molecule has 0 amide bonds. The fourth-order valence-corrected chi connectivity index (χ4v) is 3.60. The van der Waals surface area contributed by atoms with Gasteiger partial charge in [0.2, 0.25) is 0 Å². The van der Waals surface area contributed by atoms with E-state index in [2.05, 4.69) is 4.90 Å². The van der Waals surface area contributed by atoms with Crippen molar-refractivity contribution in [3.63, 3.8) is 0 Å². The Labute approximate surface area is 189 Å². The first-order valence-corrected chi connectivity index (χ1v) is 10.3. The fraction of sp³-hybridized carbons (Fsp3) is 0.375. The number of morpholine rings is 1. The van der Waals surface area contributed by atoms with E-state index in [0.717, 1.165) is 50.6 Å². The van der Waals surface area contributed by atoms with Crippen molar-refractivity contribution in [2.45, 2.75) is 6.42 Å². The number of halogens is 1. The van der Waals surface area contributed by atoms with E-state index >= 15 is 0 Å². The van der Waals surface area contributed by atoms with E-state index in [4.69, 9.17) is 18.9 Å². The van der Waals surface area contributed by atoms with Crippen LogP contribution in [0.5, 0.6) is 17.2 Å². The molecule has 31 heavy (non-hydrogen) atoms. The average Bonchev–Trinajstić information content (AvgIpc) is 2.80. The van der Waals surface area contributed by atoms with Crippen LogP contribution < -0.4 is 14.2 Å². The van der Waals surface area contributed by atoms with Crippen molar-refractivity contribution in [2.75, 3.05) is 53.2 Å². The number of ether oxygens (including phenoxy) is 4. The lowest BCUT2D eigenvalue weighted by Crippen LogP contribution is -2.37. The number of ketones is 1. The number of carbonyl (C=O) groups is 1. The largest absolute Gasteiger partial charge is 0.497 e. The molecule has 0 atom stereocenters. The first kappa shape index (κ1) is 23.1. The molecule has 0 aromatic heterocycles. The zero-order valence-electron chi connectivity index (χ0n) is 17.7. The molecule has 2 heterocycles. The highest BCUT2D eigenvalue weighted by Gasteiger charge is 2.23. The highest BCUT2D eigenvalue weighted by atomic mass is 35.5. The molecular formula is C24H28ClNO5. The third-order valence-electron chi connectivity index (χ3n) is 5.32. The molecule has 0 N–H and O–H groups in total. The maximum Gasteiger partial charge on any atom is 0.196 e. The predicted molar refractivity (Wildman–Crippen MR) is 122 cm³/mol. The maximum atomic E-state index is 12.8. The van der Waals surface area contributed by atoms with Gasteiger partial charge in [0.15, 0.2) is 5.78 Å². The number of Topliss-reactive ketones (excluding diaryl/α,β-unsaturated/α-hetero) is 1. The van der Waals surface area contributed by atoms with Crippen molar-refractivity contribution in [1.29, 1.82) is 0 Å². The summed E-state index contributed by atoms with van der Waals surface area (Å²) in [5, 5.41) is 0. The lowest BCUT2D eigenvalue weighted by molar-refractivity contribution is 0.0358. The number of nitrogens with zero attached hydrogens (tertiary/aromatic N) is 1. The summed E-state index contributed by atoms with van der Waals surface area (Å²) in [6.45, 7) is 5.62. The molecule has 0 saturated carbocycles. The maximum absolute atomic E-state index is 12.8. The fourth-order valence-electron chi connectivity index (χ4n) is 3.60. The summed E-state index contributed by atoms with van der Waals surface area (Å²) in [5.74, 6) is 2.07. The van der Waals surface area contributed by atoms with Crippen LogP contribution in [0.25, 0.3) is 6.08 Å². The molecule has 0 aliphatic carbocycles. The number of methoxy groups -OCH3 is 1. The molecule has 2 aliphatic rings. The lowest BCUT2D eigenvalue weighted by Gasteiger charge is -2.26. The molecule has 0 radical (unpaired) electrons. The molecule has 2 aromatic carbocycles. The van der Waals surface area contributed by atoms with Crippen molar-refractivity contribution >= 4 is 24.3 Å². The highest BCUT2D eigenvalue weighted by molar-refractivity contribution is 6.14. The van der Waals surface area contributed by atoms with E-state index in [-0.39, 0.29) is 24.8 Å². The second-order valence-corrected chi connectivity index (χ2v) is 7.37. The number of benzene rings is 2. The lowest BCUT2D eigenvalue weighted by atomic mass is 9.98. The van der Waals surface area contributed by atoms with Crippen molar-refractivity contribution in [2.24, 2.45) is 0 Å². The Kier molecular flexibility index (Phi) is 8.35. The Hall–Kier alpha value is -2.54. The van der Waals surface area contributed by atoms with Gasteiger partial charge < -0.3 is 18.9 Å². The molecule has 0 unspecified atom stereocenters. The quantitative estimate of drug-likeness (QED) is 0.476. The smallest absolute Gasteiger partial charge is 0.196 e. The summed E-state index contributed by atoms with van der Waals surface area (Å²) in [7, 11) is 1.59. The zero-order valence-corrected chi connectivity index (χ0v) is 18.5. The number of rotatable bonds is 7. The summed E-state index contributed by atoms with van der Waals surface area (Å²) in [4.78, 5) is 15.2. The van der Waals surface area contributed by atoms with E-state index in [1.54, 1.807) is 25.3 Å². The standard InChI is InChI=1S/C24H27NO5.ClH/c1-27-21-7-8-22-23(16-21)30-17-19(24(22)26)15-18-3-5-20(6-4-18)29-12-2-9-25-10-13-28-14-11-25;/h3-8,15-16H,2,9-14,17H2,1H3;1H/b19-15+;. The van der Waals surface area contributed by atoms with Crippen LogP contribution in [0.15, 0.2) is 48.0 Å². The Bertz CT molecular complexity index is 907. The van der Waals surface area contributed by atoms with E-state index < -0.39 is 0 Å². The topological polar surface area (TPSA) is 57.2 Å². The summed E-state index contributed by atoms with van der Waals surface area (Å²) in [6, 6.07) is 13.1. The minimum atomic E-state index is -0.0117. The third-order valence-corrected chi connectivity index (χ3v) is 5.32. The Balaban J connectivity index is 0.00000272. The first-order chi connectivity index (χ1) is 14.7. The normalized spacial score (nSPS) is 17.5. The summed E-state index contributed by atoms with van der Waals surface area (Å²) in [5.41, 5.74) is 2.14. The van der Waals surface area contributed by atoms with Gasteiger partial charge in [-0.1, -0.05) is 12.1 Å². The van der Waals surface area contributed by atoms with Crippen LogP contribution in [0.3, 0.4) is 0 Å². The molecule has 0 bridgehead atoms. The van der Waals surface area contributed by atoms with Crippen molar-refractivity contribution in [3.8, 4) is 17.2 Å². The van der Waals surface area contributed by atoms with Gasteiger partial charge in [-0.05, 0) is 42.3 Å². The second-order valence-electron chi connectivity index (χ2n) is 7.37. The van der Waals surface area contributed by atoms with Crippen LogP contribution >= 0.6 is 12.4 Å².